The first-order chi connectivity index (χ1) is 16.3. The first-order valence-electron chi connectivity index (χ1n) is 11.0. The highest BCUT2D eigenvalue weighted by Gasteiger charge is 2.37. The fourth-order valence-corrected chi connectivity index (χ4v) is 5.82. The molecule has 178 valence electrons. The number of halogens is 1. The Bertz CT molecular complexity index is 1330. The molecule has 1 atom stereocenters. The lowest BCUT2D eigenvalue weighted by molar-refractivity contribution is -0.120. The molecule has 0 bridgehead atoms. The molecule has 0 aliphatic carbocycles. The van der Waals surface area contributed by atoms with Gasteiger partial charge in [-0.15, -0.1) is 0 Å². The van der Waals surface area contributed by atoms with Crippen molar-refractivity contribution in [3.05, 3.63) is 76.9 Å². The van der Waals surface area contributed by atoms with Crippen LogP contribution in [0.1, 0.15) is 35.4 Å². The van der Waals surface area contributed by atoms with Gasteiger partial charge in [0.2, 0.25) is 15.9 Å². The third kappa shape index (κ3) is 5.10. The number of amides is 1. The van der Waals surface area contributed by atoms with E-state index in [9.17, 15) is 17.6 Å². The number of aromatic nitrogens is 1. The number of carbonyl (C=O) groups excluding carboxylic acids is 1. The van der Waals surface area contributed by atoms with Crippen LogP contribution in [0.3, 0.4) is 0 Å². The number of nitrogens with one attached hydrogen (secondary N) is 1. The van der Waals surface area contributed by atoms with Gasteiger partial charge in [-0.3, -0.25) is 4.79 Å². The van der Waals surface area contributed by atoms with E-state index in [1.54, 1.807) is 31.2 Å². The molecule has 1 aliphatic rings. The lowest BCUT2D eigenvalue weighted by Gasteiger charge is -2.31. The fraction of sp³-hybridized carbons (Fsp3) is 0.280. The lowest BCUT2D eigenvalue weighted by Crippen LogP contribution is -2.43. The van der Waals surface area contributed by atoms with Gasteiger partial charge < -0.3 is 9.84 Å². The number of anilines is 1. The van der Waals surface area contributed by atoms with Crippen LogP contribution in [0.5, 0.6) is 0 Å². The molecule has 1 saturated heterocycles. The normalized spacial score (nSPS) is 17.2. The third-order valence-electron chi connectivity index (χ3n) is 5.79. The highest BCUT2D eigenvalue weighted by molar-refractivity contribution is 7.89. The van der Waals surface area contributed by atoms with E-state index in [0.29, 0.717) is 24.1 Å². The minimum absolute atomic E-state index is 0.0205. The van der Waals surface area contributed by atoms with Crippen LogP contribution in [-0.4, -0.2) is 36.9 Å². The molecule has 3 aromatic rings. The quantitative estimate of drug-likeness (QED) is 0.551. The van der Waals surface area contributed by atoms with E-state index in [1.165, 1.54) is 22.5 Å². The highest BCUT2D eigenvalue weighted by atomic mass is 32.2. The van der Waals surface area contributed by atoms with E-state index >= 15 is 0 Å². The van der Waals surface area contributed by atoms with Crippen molar-refractivity contribution in [1.82, 2.24) is 9.46 Å². The minimum atomic E-state index is -3.99. The maximum atomic E-state index is 14.0. The monoisotopic (exact) mass is 483 g/mol. The first-order valence-corrected chi connectivity index (χ1v) is 12.5. The summed E-state index contributed by atoms with van der Waals surface area (Å²) in [4.78, 5) is 12.8. The fourth-order valence-electron chi connectivity index (χ4n) is 4.05. The Morgan fingerprint density at radius 1 is 1.18 bits per heavy atom. The number of aryl methyl sites for hydroxylation is 2. The van der Waals surface area contributed by atoms with Gasteiger partial charge in [-0.25, -0.2) is 12.8 Å². The second-order valence-electron chi connectivity index (χ2n) is 8.38. The number of nitrogens with zero attached hydrogens (tertiary/aromatic N) is 2. The Labute approximate surface area is 198 Å². The molecule has 1 amide bonds. The number of hydrogen-bond donors (Lipinski definition) is 1. The summed E-state index contributed by atoms with van der Waals surface area (Å²) in [5.41, 5.74) is 2.20. The summed E-state index contributed by atoms with van der Waals surface area (Å²) in [6.07, 6.45) is 3.99. The zero-order valence-corrected chi connectivity index (χ0v) is 19.8. The molecule has 1 aromatic heterocycles. The second kappa shape index (κ2) is 9.90. The van der Waals surface area contributed by atoms with Gasteiger partial charge in [-0.05, 0) is 62.6 Å². The molecule has 7 nitrogen and oxygen atoms in total. The van der Waals surface area contributed by atoms with Gasteiger partial charge in [-0.1, -0.05) is 35.5 Å². The zero-order valence-electron chi connectivity index (χ0n) is 19.0. The Morgan fingerprint density at radius 2 is 1.97 bits per heavy atom. The van der Waals surface area contributed by atoms with Crippen molar-refractivity contribution >= 4 is 33.8 Å². The SMILES string of the molecule is Cc1cccc(NC(=O)C2CCCN(S(=O)(=O)c3c(C)noc3C=Cc3ccccc3F)C2)c1. The van der Waals surface area contributed by atoms with Gasteiger partial charge in [0.15, 0.2) is 10.7 Å². The standard InChI is InChI=1S/C25H26FN3O4S/c1-17-7-5-10-21(15-17)27-25(30)20-9-6-14-29(16-20)34(31,32)24-18(2)28-33-23(24)13-12-19-8-3-4-11-22(19)26/h3-5,7-8,10-13,15,20H,6,9,14,16H2,1-2H3,(H,27,30). The van der Waals surface area contributed by atoms with Gasteiger partial charge in [0.1, 0.15) is 11.5 Å². The number of hydrogen-bond acceptors (Lipinski definition) is 5. The van der Waals surface area contributed by atoms with E-state index in [1.807, 2.05) is 25.1 Å². The maximum absolute atomic E-state index is 14.0. The van der Waals surface area contributed by atoms with Crippen molar-refractivity contribution < 1.29 is 22.1 Å². The Kier molecular flexibility index (Phi) is 6.95. The van der Waals surface area contributed by atoms with E-state index in [4.69, 9.17) is 4.52 Å². The lowest BCUT2D eigenvalue weighted by atomic mass is 9.98. The summed E-state index contributed by atoms with van der Waals surface area (Å²) >= 11 is 0. The first kappa shape index (κ1) is 23.8. The molecular formula is C25H26FN3O4S. The molecule has 0 radical (unpaired) electrons. The summed E-state index contributed by atoms with van der Waals surface area (Å²) in [6.45, 7) is 3.82. The third-order valence-corrected chi connectivity index (χ3v) is 7.82. The van der Waals surface area contributed by atoms with Crippen LogP contribution >= 0.6 is 0 Å². The summed E-state index contributed by atoms with van der Waals surface area (Å²) in [7, 11) is -3.99. The smallest absolute Gasteiger partial charge is 0.248 e. The van der Waals surface area contributed by atoms with E-state index in [-0.39, 0.29) is 35.3 Å². The molecule has 34 heavy (non-hydrogen) atoms. The van der Waals surface area contributed by atoms with Crippen LogP contribution in [0.4, 0.5) is 10.1 Å². The topological polar surface area (TPSA) is 92.5 Å². The average molecular weight is 484 g/mol. The molecule has 1 aliphatic heterocycles. The predicted octanol–water partition coefficient (Wildman–Crippen LogP) is 4.64. The molecule has 0 spiro atoms. The van der Waals surface area contributed by atoms with Gasteiger partial charge in [-0.2, -0.15) is 4.31 Å². The number of carbonyl (C=O) groups is 1. The predicted molar refractivity (Wildman–Crippen MR) is 128 cm³/mol. The molecule has 1 fully saturated rings. The van der Waals surface area contributed by atoms with E-state index in [2.05, 4.69) is 10.5 Å². The number of sulfonamides is 1. The molecular weight excluding hydrogens is 457 g/mol. The van der Waals surface area contributed by atoms with Crippen LogP contribution in [0, 0.1) is 25.6 Å². The zero-order chi connectivity index (χ0) is 24.3. The molecule has 4 rings (SSSR count). The van der Waals surface area contributed by atoms with E-state index < -0.39 is 21.8 Å². The van der Waals surface area contributed by atoms with Gasteiger partial charge in [0.05, 0.1) is 5.92 Å². The Balaban J connectivity index is 1.54. The van der Waals surface area contributed by atoms with Crippen LogP contribution < -0.4 is 5.32 Å². The van der Waals surface area contributed by atoms with Gasteiger partial charge in [0.25, 0.3) is 0 Å². The summed E-state index contributed by atoms with van der Waals surface area (Å²) in [6, 6.07) is 13.6. The van der Waals surface area contributed by atoms with Crippen molar-refractivity contribution in [2.24, 2.45) is 5.92 Å². The van der Waals surface area contributed by atoms with Crippen LogP contribution in [0.25, 0.3) is 12.2 Å². The molecule has 2 heterocycles. The Morgan fingerprint density at radius 3 is 2.74 bits per heavy atom. The van der Waals surface area contributed by atoms with Crippen molar-refractivity contribution in [1.29, 1.82) is 0 Å². The van der Waals surface area contributed by atoms with E-state index in [0.717, 1.165) is 5.56 Å². The van der Waals surface area contributed by atoms with Crippen molar-refractivity contribution in [2.75, 3.05) is 18.4 Å². The maximum Gasteiger partial charge on any atom is 0.248 e. The Hall–Kier alpha value is -3.30. The van der Waals surface area contributed by atoms with Crippen LogP contribution in [0.15, 0.2) is 57.9 Å². The molecule has 2 aromatic carbocycles. The van der Waals surface area contributed by atoms with Crippen molar-refractivity contribution in [3.63, 3.8) is 0 Å². The molecule has 9 heteroatoms. The molecule has 1 unspecified atom stereocenters. The number of benzene rings is 2. The summed E-state index contributed by atoms with van der Waals surface area (Å²) in [5, 5.41) is 6.71. The summed E-state index contributed by atoms with van der Waals surface area (Å²) in [5.74, 6) is -1.11. The molecule has 0 saturated carbocycles. The van der Waals surface area contributed by atoms with Crippen LogP contribution in [0.2, 0.25) is 0 Å². The highest BCUT2D eigenvalue weighted by Crippen LogP contribution is 2.30. The van der Waals surface area contributed by atoms with Crippen molar-refractivity contribution in [3.8, 4) is 0 Å². The molecule has 1 N–H and O–H groups in total. The largest absolute Gasteiger partial charge is 0.355 e. The number of piperidine rings is 1. The van der Waals surface area contributed by atoms with Crippen molar-refractivity contribution in [2.45, 2.75) is 31.6 Å². The number of rotatable bonds is 6. The van der Waals surface area contributed by atoms with Gasteiger partial charge in [0, 0.05) is 24.3 Å². The minimum Gasteiger partial charge on any atom is -0.355 e. The van der Waals surface area contributed by atoms with Gasteiger partial charge >= 0.3 is 0 Å². The second-order valence-corrected chi connectivity index (χ2v) is 10.3. The average Bonchev–Trinajstić information content (AvgIpc) is 3.19. The summed E-state index contributed by atoms with van der Waals surface area (Å²) < 4.78 is 47.6. The van der Waals surface area contributed by atoms with Crippen LogP contribution in [-0.2, 0) is 14.8 Å².